The highest BCUT2D eigenvalue weighted by molar-refractivity contribution is 5.89. The summed E-state index contributed by atoms with van der Waals surface area (Å²) in [4.78, 5) is 41.0. The molecule has 3 aromatic carbocycles. The van der Waals surface area contributed by atoms with Gasteiger partial charge >= 0.3 is 11.9 Å². The third kappa shape index (κ3) is 6.57. The topological polar surface area (TPSA) is 130 Å². The maximum Gasteiger partial charge on any atom is 0.334 e. The van der Waals surface area contributed by atoms with Crippen LogP contribution in [-0.2, 0) is 45.0 Å². The number of esters is 2. The van der Waals surface area contributed by atoms with Gasteiger partial charge in [0.15, 0.2) is 0 Å². The van der Waals surface area contributed by atoms with Gasteiger partial charge in [0.05, 0.1) is 18.9 Å². The minimum atomic E-state index is -1.45. The molecule has 52 heavy (non-hydrogen) atoms. The normalized spacial score (nSPS) is 31.0. The molecule has 8 nitrogen and oxygen atoms in total. The molecule has 7 atom stereocenters. The zero-order chi connectivity index (χ0) is 36.0. The largest absolute Gasteiger partial charge is 0.508 e. The van der Waals surface area contributed by atoms with E-state index in [9.17, 15) is 29.7 Å². The summed E-state index contributed by atoms with van der Waals surface area (Å²) in [5, 5.41) is 34.3. The molecule has 2 aliphatic carbocycles. The molecule has 3 aliphatic heterocycles. The molecule has 5 aliphatic rings. The fourth-order valence-electron chi connectivity index (χ4n) is 9.57. The predicted octanol–water partition coefficient (Wildman–Crippen LogP) is 6.16. The molecule has 3 heterocycles. The number of rotatable bonds is 2. The highest BCUT2D eigenvalue weighted by Gasteiger charge is 2.55. The first-order valence-electron chi connectivity index (χ1n) is 18.7. The number of aryl methyl sites for hydroxylation is 1. The Kier molecular flexibility index (Phi) is 9.27. The van der Waals surface area contributed by atoms with Gasteiger partial charge in [0.2, 0.25) is 0 Å². The molecule has 2 saturated carbocycles. The molecular weight excluding hydrogens is 656 g/mol. The van der Waals surface area contributed by atoms with Crippen molar-refractivity contribution in [2.24, 2.45) is 17.8 Å². The summed E-state index contributed by atoms with van der Waals surface area (Å²) in [6.45, 7) is -0.152. The number of ketones is 1. The third-order valence-electron chi connectivity index (χ3n) is 12.2. The zero-order valence-electron chi connectivity index (χ0n) is 29.2. The molecule has 3 aromatic rings. The van der Waals surface area contributed by atoms with Crippen molar-refractivity contribution >= 4 is 17.7 Å². The van der Waals surface area contributed by atoms with Gasteiger partial charge in [-0.2, -0.15) is 0 Å². The van der Waals surface area contributed by atoms with Crippen molar-refractivity contribution in [3.63, 3.8) is 0 Å². The number of carbonyl (C=O) groups excluding carboxylic acids is 3. The number of phenolic OH excluding ortho intramolecular Hbond substituents is 1. The number of allylic oxidation sites excluding steroid dienone is 1. The van der Waals surface area contributed by atoms with E-state index < -0.39 is 35.5 Å². The van der Waals surface area contributed by atoms with Crippen LogP contribution in [0.15, 0.2) is 72.3 Å². The zero-order valence-corrected chi connectivity index (χ0v) is 29.2. The summed E-state index contributed by atoms with van der Waals surface area (Å²) in [5.41, 5.74) is 3.84. The molecule has 8 rings (SSSR count). The van der Waals surface area contributed by atoms with Crippen LogP contribution in [0.25, 0.3) is 0 Å². The maximum absolute atomic E-state index is 14.6. The second-order valence-corrected chi connectivity index (χ2v) is 15.4. The van der Waals surface area contributed by atoms with Crippen LogP contribution in [0, 0.1) is 29.6 Å². The average Bonchev–Trinajstić information content (AvgIpc) is 3.14. The molecule has 10 bridgehead atoms. The fraction of sp³-hybridized carbons (Fsp3) is 0.432. The summed E-state index contributed by atoms with van der Waals surface area (Å²) in [7, 11) is 0. The molecule has 0 unspecified atom stereocenters. The van der Waals surface area contributed by atoms with E-state index in [4.69, 9.17) is 9.47 Å². The Morgan fingerprint density at radius 1 is 0.865 bits per heavy atom. The summed E-state index contributed by atoms with van der Waals surface area (Å²) in [6, 6.07) is 19.0. The van der Waals surface area contributed by atoms with Gasteiger partial charge in [-0.25, -0.2) is 4.79 Å². The number of benzene rings is 3. The Bertz CT molecular complexity index is 2020. The smallest absolute Gasteiger partial charge is 0.334 e. The van der Waals surface area contributed by atoms with Crippen LogP contribution in [-0.4, -0.2) is 44.7 Å². The van der Waals surface area contributed by atoms with Crippen LogP contribution in [0.2, 0.25) is 0 Å². The lowest BCUT2D eigenvalue weighted by molar-refractivity contribution is -0.191. The molecule has 8 heteroatoms. The van der Waals surface area contributed by atoms with E-state index in [1.165, 1.54) is 6.07 Å². The number of phenols is 1. The Labute approximate surface area is 303 Å². The van der Waals surface area contributed by atoms with Crippen molar-refractivity contribution in [3.05, 3.63) is 106 Å². The van der Waals surface area contributed by atoms with E-state index in [0.29, 0.717) is 67.2 Å². The quantitative estimate of drug-likeness (QED) is 0.165. The van der Waals surface area contributed by atoms with E-state index >= 15 is 0 Å². The Morgan fingerprint density at radius 2 is 1.69 bits per heavy atom. The number of hydrogen-bond donors (Lipinski definition) is 3. The first-order chi connectivity index (χ1) is 25.2. The van der Waals surface area contributed by atoms with E-state index in [1.54, 1.807) is 6.07 Å². The number of fused-ring (bicyclic) bond motifs is 7. The Balaban J connectivity index is 1.31. The Morgan fingerprint density at radius 3 is 2.56 bits per heavy atom. The van der Waals surface area contributed by atoms with Gasteiger partial charge in [0, 0.05) is 41.9 Å². The van der Waals surface area contributed by atoms with Crippen molar-refractivity contribution in [3.8, 4) is 23.3 Å². The second kappa shape index (κ2) is 14.0. The molecule has 3 N–H and O–H groups in total. The fourth-order valence-corrected chi connectivity index (χ4v) is 9.57. The predicted molar refractivity (Wildman–Crippen MR) is 192 cm³/mol. The van der Waals surface area contributed by atoms with Crippen LogP contribution in [0.3, 0.4) is 0 Å². The first-order valence-corrected chi connectivity index (χ1v) is 18.7. The highest BCUT2D eigenvalue weighted by Crippen LogP contribution is 2.51. The highest BCUT2D eigenvalue weighted by atomic mass is 16.6. The van der Waals surface area contributed by atoms with Gasteiger partial charge in [-0.05, 0) is 90.7 Å². The van der Waals surface area contributed by atoms with Crippen molar-refractivity contribution in [2.45, 2.75) is 101 Å². The summed E-state index contributed by atoms with van der Waals surface area (Å²) < 4.78 is 12.1. The van der Waals surface area contributed by atoms with Gasteiger partial charge in [0.25, 0.3) is 0 Å². The van der Waals surface area contributed by atoms with Crippen molar-refractivity contribution in [2.75, 3.05) is 0 Å². The summed E-state index contributed by atoms with van der Waals surface area (Å²) >= 11 is 0. The number of aromatic hydroxyl groups is 1. The van der Waals surface area contributed by atoms with E-state index in [-0.39, 0.29) is 60.9 Å². The lowest BCUT2D eigenvalue weighted by Gasteiger charge is -2.52. The summed E-state index contributed by atoms with van der Waals surface area (Å²) in [5.74, 6) is 4.45. The van der Waals surface area contributed by atoms with Gasteiger partial charge in [-0.1, -0.05) is 72.9 Å². The minimum absolute atomic E-state index is 0.0251. The van der Waals surface area contributed by atoms with Gasteiger partial charge in [-0.15, -0.1) is 0 Å². The molecule has 2 fully saturated rings. The number of aliphatic hydroxyl groups excluding tert-OH is 1. The van der Waals surface area contributed by atoms with E-state index in [2.05, 4.69) is 30.0 Å². The lowest BCUT2D eigenvalue weighted by atomic mass is 9.56. The van der Waals surface area contributed by atoms with E-state index in [1.807, 2.05) is 36.4 Å². The van der Waals surface area contributed by atoms with Crippen LogP contribution in [0.5, 0.6) is 11.5 Å². The molecule has 0 amide bonds. The summed E-state index contributed by atoms with van der Waals surface area (Å²) in [6.07, 6.45) is 5.70. The molecule has 0 saturated heterocycles. The SMILES string of the molecule is O=C1C[C@H]2C#C[C@@H](c3cccc(CO)c3)C/C3=C/CCc4cccc(c4)C[C@H]4C(=O)CC[C@@H]5[C@@H]4CCC[C@@]5(O)[C@@H](Cc4cc2c(cc4O)O1)OC3=O. The average molecular weight is 701 g/mol. The van der Waals surface area contributed by atoms with Crippen molar-refractivity contribution in [1.82, 2.24) is 0 Å². The van der Waals surface area contributed by atoms with Crippen molar-refractivity contribution in [1.29, 1.82) is 0 Å². The van der Waals surface area contributed by atoms with Gasteiger partial charge < -0.3 is 24.8 Å². The number of carbonyl (C=O) groups is 3. The third-order valence-corrected chi connectivity index (χ3v) is 12.2. The molecule has 0 spiro atoms. The molecule has 268 valence electrons. The maximum atomic E-state index is 14.6. The van der Waals surface area contributed by atoms with Crippen LogP contribution >= 0.6 is 0 Å². The van der Waals surface area contributed by atoms with Gasteiger partial charge in [0.1, 0.15) is 29.0 Å². The monoisotopic (exact) mass is 700 g/mol. The minimum Gasteiger partial charge on any atom is -0.508 e. The van der Waals surface area contributed by atoms with Crippen molar-refractivity contribution < 1.29 is 39.2 Å². The first kappa shape index (κ1) is 34.4. The van der Waals surface area contributed by atoms with Gasteiger partial charge in [-0.3, -0.25) is 9.59 Å². The number of hydrogen-bond acceptors (Lipinski definition) is 8. The number of Topliss-reactive ketones (excluding diaryl/α,β-unsaturated/α-hetero) is 1. The Hall–Kier alpha value is -4.71. The number of ether oxygens (including phenoxy) is 2. The second-order valence-electron chi connectivity index (χ2n) is 15.4. The molecule has 0 aromatic heterocycles. The van der Waals surface area contributed by atoms with E-state index in [0.717, 1.165) is 23.1 Å². The number of aliphatic hydroxyl groups is 2. The van der Waals surface area contributed by atoms with Crippen LogP contribution in [0.1, 0.15) is 96.6 Å². The molecule has 0 radical (unpaired) electrons. The lowest BCUT2D eigenvalue weighted by Crippen LogP contribution is -2.59. The standard InChI is InChI=1S/C44H44O8/c45-25-28-8-3-9-29(18-28)30-12-13-31-23-42(48)51-40-24-39(47)33(21-35(31)40)22-41-44(50)16-4-11-34-36(38(46)15-14-37(34)44)19-27-7-1-5-26(17-27)6-2-10-32(20-30)43(49)52-41/h1,3,5,7-10,17-18,21,24,30-31,34,36-37,41,45,47,50H,2,4,6,11,14-16,19-20,22-23,25H2/b32-10-/t30-,31-,34-,36-,37-,41-,44+/m1/s1. The van der Waals surface area contributed by atoms with Crippen LogP contribution in [0.4, 0.5) is 0 Å². The van der Waals surface area contributed by atoms with Crippen LogP contribution < -0.4 is 4.74 Å². The molecular formula is C44H44O8.